The zero-order valence-corrected chi connectivity index (χ0v) is 10.4. The van der Waals surface area contributed by atoms with Crippen LogP contribution < -0.4 is 5.73 Å². The lowest BCUT2D eigenvalue weighted by Crippen LogP contribution is -2.28. The third-order valence-corrected chi connectivity index (χ3v) is 3.57. The lowest BCUT2D eigenvalue weighted by Gasteiger charge is -2.24. The van der Waals surface area contributed by atoms with Crippen molar-refractivity contribution in [2.45, 2.75) is 38.8 Å². The molecule has 3 atom stereocenters. The molecule has 2 N–H and O–H groups in total. The summed E-state index contributed by atoms with van der Waals surface area (Å²) in [7, 11) is 0. The Bertz CT molecular complexity index is 374. The van der Waals surface area contributed by atoms with E-state index in [4.69, 9.17) is 10.5 Å². The standard InChI is InChI=1S/C14H20FNO/c1-3-13-12(4-5-17-13)14(16)10-6-9(2)7-11(15)8-10/h6-8,12-14H,3-5,16H2,1-2H3. The van der Waals surface area contributed by atoms with Gasteiger partial charge in [0.15, 0.2) is 0 Å². The average Bonchev–Trinajstić information content (AvgIpc) is 2.74. The van der Waals surface area contributed by atoms with Crippen molar-refractivity contribution >= 4 is 0 Å². The highest BCUT2D eigenvalue weighted by Gasteiger charge is 2.32. The molecule has 1 aliphatic heterocycles. The molecule has 0 spiro atoms. The highest BCUT2D eigenvalue weighted by atomic mass is 19.1. The summed E-state index contributed by atoms with van der Waals surface area (Å²) in [5.74, 6) is 0.101. The normalized spacial score (nSPS) is 26.1. The van der Waals surface area contributed by atoms with Gasteiger partial charge in [-0.25, -0.2) is 4.39 Å². The lowest BCUT2D eigenvalue weighted by atomic mass is 9.87. The second kappa shape index (κ2) is 5.15. The van der Waals surface area contributed by atoms with E-state index in [-0.39, 0.29) is 18.0 Å². The maximum absolute atomic E-state index is 13.4. The van der Waals surface area contributed by atoms with Crippen LogP contribution in [0.15, 0.2) is 18.2 Å². The number of aryl methyl sites for hydroxylation is 1. The van der Waals surface area contributed by atoms with E-state index in [1.165, 1.54) is 6.07 Å². The summed E-state index contributed by atoms with van der Waals surface area (Å²) in [6.07, 6.45) is 2.15. The first-order chi connectivity index (χ1) is 8.11. The van der Waals surface area contributed by atoms with E-state index in [1.807, 2.05) is 13.0 Å². The van der Waals surface area contributed by atoms with Crippen LogP contribution in [0.25, 0.3) is 0 Å². The molecule has 0 saturated carbocycles. The van der Waals surface area contributed by atoms with Crippen molar-refractivity contribution in [1.29, 1.82) is 0 Å². The predicted octanol–water partition coefficient (Wildman–Crippen LogP) is 2.95. The molecule has 0 aliphatic carbocycles. The van der Waals surface area contributed by atoms with Crippen LogP contribution in [-0.2, 0) is 4.74 Å². The van der Waals surface area contributed by atoms with Crippen molar-refractivity contribution in [1.82, 2.24) is 0 Å². The van der Waals surface area contributed by atoms with E-state index in [9.17, 15) is 4.39 Å². The van der Waals surface area contributed by atoms with Gasteiger partial charge in [-0.15, -0.1) is 0 Å². The van der Waals surface area contributed by atoms with Gasteiger partial charge in [-0.3, -0.25) is 0 Å². The van der Waals surface area contributed by atoms with Gasteiger partial charge in [0, 0.05) is 18.6 Å². The third kappa shape index (κ3) is 2.67. The van der Waals surface area contributed by atoms with E-state index in [2.05, 4.69) is 6.92 Å². The van der Waals surface area contributed by atoms with E-state index in [0.29, 0.717) is 5.92 Å². The molecule has 1 aromatic carbocycles. The van der Waals surface area contributed by atoms with Crippen LogP contribution in [0.4, 0.5) is 4.39 Å². The third-order valence-electron chi connectivity index (χ3n) is 3.57. The summed E-state index contributed by atoms with van der Waals surface area (Å²) < 4.78 is 19.0. The first-order valence-electron chi connectivity index (χ1n) is 6.26. The van der Waals surface area contributed by atoms with Gasteiger partial charge in [0.05, 0.1) is 6.10 Å². The van der Waals surface area contributed by atoms with Crippen LogP contribution in [0.3, 0.4) is 0 Å². The molecule has 0 bridgehead atoms. The van der Waals surface area contributed by atoms with Crippen molar-refractivity contribution in [2.75, 3.05) is 6.61 Å². The largest absolute Gasteiger partial charge is 0.378 e. The summed E-state index contributed by atoms with van der Waals surface area (Å²) >= 11 is 0. The Morgan fingerprint density at radius 2 is 2.24 bits per heavy atom. The molecule has 2 rings (SSSR count). The molecular weight excluding hydrogens is 217 g/mol. The van der Waals surface area contributed by atoms with Crippen molar-refractivity contribution in [3.63, 3.8) is 0 Å². The van der Waals surface area contributed by atoms with Crippen LogP contribution in [0.5, 0.6) is 0 Å². The van der Waals surface area contributed by atoms with Crippen molar-refractivity contribution in [3.8, 4) is 0 Å². The topological polar surface area (TPSA) is 35.2 Å². The Hall–Kier alpha value is -0.930. The molecule has 0 aromatic heterocycles. The lowest BCUT2D eigenvalue weighted by molar-refractivity contribution is 0.0813. The van der Waals surface area contributed by atoms with Crippen molar-refractivity contribution in [2.24, 2.45) is 11.7 Å². The molecule has 0 radical (unpaired) electrons. The Labute approximate surface area is 102 Å². The molecule has 1 fully saturated rings. The minimum Gasteiger partial charge on any atom is -0.378 e. The quantitative estimate of drug-likeness (QED) is 0.877. The molecule has 94 valence electrons. The van der Waals surface area contributed by atoms with Gasteiger partial charge in [-0.2, -0.15) is 0 Å². The van der Waals surface area contributed by atoms with E-state index >= 15 is 0 Å². The number of halogens is 1. The van der Waals surface area contributed by atoms with E-state index < -0.39 is 0 Å². The zero-order chi connectivity index (χ0) is 12.4. The molecule has 3 unspecified atom stereocenters. The molecular formula is C14H20FNO. The number of hydrogen-bond donors (Lipinski definition) is 1. The van der Waals surface area contributed by atoms with E-state index in [1.54, 1.807) is 6.07 Å². The smallest absolute Gasteiger partial charge is 0.123 e. The van der Waals surface area contributed by atoms with Crippen molar-refractivity contribution < 1.29 is 9.13 Å². The van der Waals surface area contributed by atoms with Crippen LogP contribution in [0.2, 0.25) is 0 Å². The van der Waals surface area contributed by atoms with Gasteiger partial charge >= 0.3 is 0 Å². The number of nitrogens with two attached hydrogens (primary N) is 1. The summed E-state index contributed by atoms with van der Waals surface area (Å²) in [6, 6.07) is 4.91. The van der Waals surface area contributed by atoms with Gasteiger partial charge in [0.1, 0.15) is 5.82 Å². The molecule has 3 heteroatoms. The number of hydrogen-bond acceptors (Lipinski definition) is 2. The molecule has 1 saturated heterocycles. The van der Waals surface area contributed by atoms with Crippen LogP contribution in [0.1, 0.15) is 36.9 Å². The fourth-order valence-electron chi connectivity index (χ4n) is 2.70. The summed E-state index contributed by atoms with van der Waals surface area (Å²) in [5.41, 5.74) is 8.06. The Morgan fingerprint density at radius 3 is 2.88 bits per heavy atom. The SMILES string of the molecule is CCC1OCCC1C(N)c1cc(C)cc(F)c1. The molecule has 2 nitrogen and oxygen atoms in total. The number of rotatable bonds is 3. The molecule has 1 aromatic rings. The predicted molar refractivity (Wildman–Crippen MR) is 66.2 cm³/mol. The fraction of sp³-hybridized carbons (Fsp3) is 0.571. The molecule has 0 amide bonds. The molecule has 1 aliphatic rings. The maximum Gasteiger partial charge on any atom is 0.123 e. The van der Waals surface area contributed by atoms with Gasteiger partial charge in [-0.1, -0.05) is 13.0 Å². The Balaban J connectivity index is 2.21. The van der Waals surface area contributed by atoms with Crippen LogP contribution in [-0.4, -0.2) is 12.7 Å². The zero-order valence-electron chi connectivity index (χ0n) is 10.4. The Kier molecular flexibility index (Phi) is 3.79. The summed E-state index contributed by atoms with van der Waals surface area (Å²) in [5, 5.41) is 0. The highest BCUT2D eigenvalue weighted by molar-refractivity contribution is 5.26. The monoisotopic (exact) mass is 237 g/mol. The first-order valence-corrected chi connectivity index (χ1v) is 6.26. The Morgan fingerprint density at radius 1 is 1.47 bits per heavy atom. The average molecular weight is 237 g/mol. The molecule has 17 heavy (non-hydrogen) atoms. The number of ether oxygens (including phenoxy) is 1. The minimum absolute atomic E-state index is 0.128. The summed E-state index contributed by atoms with van der Waals surface area (Å²) in [6.45, 7) is 4.76. The molecule has 1 heterocycles. The van der Waals surface area contributed by atoms with Gasteiger partial charge < -0.3 is 10.5 Å². The maximum atomic E-state index is 13.4. The van der Waals surface area contributed by atoms with Crippen LogP contribution >= 0.6 is 0 Å². The highest BCUT2D eigenvalue weighted by Crippen LogP contribution is 2.33. The first kappa shape index (κ1) is 12.5. The van der Waals surface area contributed by atoms with Crippen LogP contribution in [0, 0.1) is 18.7 Å². The second-order valence-electron chi connectivity index (χ2n) is 4.86. The van der Waals surface area contributed by atoms with Gasteiger partial charge in [-0.05, 0) is 43.0 Å². The number of benzene rings is 1. The fourth-order valence-corrected chi connectivity index (χ4v) is 2.70. The minimum atomic E-state index is -0.206. The van der Waals surface area contributed by atoms with E-state index in [0.717, 1.165) is 30.6 Å². The van der Waals surface area contributed by atoms with Gasteiger partial charge in [0.2, 0.25) is 0 Å². The van der Waals surface area contributed by atoms with Gasteiger partial charge in [0.25, 0.3) is 0 Å². The van der Waals surface area contributed by atoms with Crippen molar-refractivity contribution in [3.05, 3.63) is 35.1 Å². The second-order valence-corrected chi connectivity index (χ2v) is 4.86. The summed E-state index contributed by atoms with van der Waals surface area (Å²) in [4.78, 5) is 0.